The van der Waals surface area contributed by atoms with Crippen LogP contribution in [0.5, 0.6) is 0 Å². The van der Waals surface area contributed by atoms with Crippen LogP contribution in [0.3, 0.4) is 0 Å². The van der Waals surface area contributed by atoms with Crippen LogP contribution in [0, 0.1) is 26.6 Å². The number of amides is 1. The third kappa shape index (κ3) is 4.55. The molecule has 0 unspecified atom stereocenters. The number of hydrogen-bond acceptors (Lipinski definition) is 4. The van der Waals surface area contributed by atoms with Crippen molar-refractivity contribution < 1.29 is 22.3 Å². The first-order valence-corrected chi connectivity index (χ1v) is 11.2. The van der Waals surface area contributed by atoms with Crippen molar-refractivity contribution >= 4 is 21.6 Å². The molecule has 1 N–H and O–H groups in total. The van der Waals surface area contributed by atoms with Crippen LogP contribution in [0.1, 0.15) is 27.2 Å². The van der Waals surface area contributed by atoms with E-state index in [1.54, 1.807) is 49.8 Å². The summed E-state index contributed by atoms with van der Waals surface area (Å²) in [5, 5.41) is 2.74. The van der Waals surface area contributed by atoms with Crippen LogP contribution in [-0.2, 0) is 21.1 Å². The molecule has 8 heteroatoms. The minimum absolute atomic E-state index is 0.0421. The van der Waals surface area contributed by atoms with Gasteiger partial charge < -0.3 is 14.6 Å². The van der Waals surface area contributed by atoms with Crippen LogP contribution in [0.4, 0.5) is 10.2 Å². The predicted octanol–water partition coefficient (Wildman–Crippen LogP) is 4.28. The number of halogens is 1. The fourth-order valence-corrected chi connectivity index (χ4v) is 5.06. The number of rotatable bonds is 7. The van der Waals surface area contributed by atoms with E-state index in [4.69, 9.17) is 4.74 Å². The smallest absolute Gasteiger partial charge is 0.256 e. The fraction of sp³-hybridized carbons (Fsp3) is 0.261. The number of aromatic nitrogens is 1. The Bertz CT molecular complexity index is 1200. The quantitative estimate of drug-likeness (QED) is 0.590. The number of carbonyl (C=O) groups excluding carboxylic acids is 1. The first-order valence-electron chi connectivity index (χ1n) is 9.74. The fourth-order valence-electron chi connectivity index (χ4n) is 3.37. The maximum atomic E-state index is 13.5. The zero-order chi connectivity index (χ0) is 22.8. The molecule has 6 nitrogen and oxygen atoms in total. The van der Waals surface area contributed by atoms with Crippen molar-refractivity contribution in [2.75, 3.05) is 19.0 Å². The molecule has 0 spiro atoms. The Labute approximate surface area is 181 Å². The van der Waals surface area contributed by atoms with E-state index < -0.39 is 21.6 Å². The van der Waals surface area contributed by atoms with Crippen molar-refractivity contribution in [3.63, 3.8) is 0 Å². The Kier molecular flexibility index (Phi) is 6.62. The maximum absolute atomic E-state index is 13.5. The van der Waals surface area contributed by atoms with E-state index in [1.807, 2.05) is 6.92 Å². The number of aryl methyl sites for hydroxylation is 1. The summed E-state index contributed by atoms with van der Waals surface area (Å²) in [5.41, 5.74) is 2.41. The minimum Gasteiger partial charge on any atom is -0.383 e. The normalized spacial score (nSPS) is 11.5. The Balaban J connectivity index is 2.15. The average Bonchev–Trinajstić information content (AvgIpc) is 2.97. The SMILES string of the molecule is COCCn1c(C)c(C)c(S(=O)(=O)c2ccc(C)cc2)c1NC(=O)c1ccc(F)cc1. The number of anilines is 1. The predicted molar refractivity (Wildman–Crippen MR) is 117 cm³/mol. The van der Waals surface area contributed by atoms with Crippen molar-refractivity contribution in [2.45, 2.75) is 37.1 Å². The second-order valence-corrected chi connectivity index (χ2v) is 9.20. The molecular weight excluding hydrogens is 419 g/mol. The number of ether oxygens (including phenoxy) is 1. The number of carbonyl (C=O) groups is 1. The van der Waals surface area contributed by atoms with Crippen molar-refractivity contribution in [1.29, 1.82) is 0 Å². The Hall–Kier alpha value is -2.97. The van der Waals surface area contributed by atoms with Crippen LogP contribution in [0.15, 0.2) is 58.3 Å². The molecule has 0 aliphatic heterocycles. The van der Waals surface area contributed by atoms with E-state index in [0.717, 1.165) is 5.56 Å². The van der Waals surface area contributed by atoms with Gasteiger partial charge in [0.15, 0.2) is 0 Å². The summed E-state index contributed by atoms with van der Waals surface area (Å²) < 4.78 is 47.2. The van der Waals surface area contributed by atoms with Gasteiger partial charge >= 0.3 is 0 Å². The summed E-state index contributed by atoms with van der Waals surface area (Å²) in [4.78, 5) is 13.0. The van der Waals surface area contributed by atoms with Crippen LogP contribution in [-0.4, -0.2) is 32.6 Å². The molecule has 0 radical (unpaired) electrons. The first kappa shape index (κ1) is 22.7. The molecule has 0 aliphatic rings. The lowest BCUT2D eigenvalue weighted by Crippen LogP contribution is -2.19. The first-order chi connectivity index (χ1) is 14.7. The Morgan fingerprint density at radius 3 is 2.23 bits per heavy atom. The van der Waals surface area contributed by atoms with E-state index in [2.05, 4.69) is 5.32 Å². The van der Waals surface area contributed by atoms with Crippen molar-refractivity contribution in [2.24, 2.45) is 0 Å². The van der Waals surface area contributed by atoms with Crippen molar-refractivity contribution in [1.82, 2.24) is 4.57 Å². The summed E-state index contributed by atoms with van der Waals surface area (Å²) in [7, 11) is -2.37. The summed E-state index contributed by atoms with van der Waals surface area (Å²) in [6, 6.07) is 11.6. The van der Waals surface area contributed by atoms with Gasteiger partial charge in [-0.2, -0.15) is 0 Å². The maximum Gasteiger partial charge on any atom is 0.256 e. The number of nitrogens with zero attached hydrogens (tertiary/aromatic N) is 1. The van der Waals surface area contributed by atoms with E-state index >= 15 is 0 Å². The lowest BCUT2D eigenvalue weighted by Gasteiger charge is -2.14. The van der Waals surface area contributed by atoms with Gasteiger partial charge in [0, 0.05) is 24.9 Å². The van der Waals surface area contributed by atoms with E-state index in [1.165, 1.54) is 24.3 Å². The van der Waals surface area contributed by atoms with Gasteiger partial charge in [-0.1, -0.05) is 17.7 Å². The summed E-state index contributed by atoms with van der Waals surface area (Å²) in [6.45, 7) is 6.07. The molecule has 0 aliphatic carbocycles. The zero-order valence-electron chi connectivity index (χ0n) is 17.9. The van der Waals surface area contributed by atoms with Gasteiger partial charge in [0.25, 0.3) is 5.91 Å². The Morgan fingerprint density at radius 2 is 1.65 bits per heavy atom. The highest BCUT2D eigenvalue weighted by Gasteiger charge is 2.30. The Morgan fingerprint density at radius 1 is 1.03 bits per heavy atom. The molecular formula is C23H25FN2O4S. The van der Waals surface area contributed by atoms with Crippen LogP contribution < -0.4 is 5.32 Å². The summed E-state index contributed by atoms with van der Waals surface area (Å²) >= 11 is 0. The molecule has 164 valence electrons. The van der Waals surface area contributed by atoms with Gasteiger partial charge in [0.1, 0.15) is 16.5 Å². The molecule has 1 amide bonds. The third-order valence-electron chi connectivity index (χ3n) is 5.23. The van der Waals surface area contributed by atoms with Crippen molar-refractivity contribution in [3.05, 3.63) is 76.7 Å². The van der Waals surface area contributed by atoms with Gasteiger partial charge in [0.05, 0.1) is 11.5 Å². The molecule has 31 heavy (non-hydrogen) atoms. The topological polar surface area (TPSA) is 77.4 Å². The van der Waals surface area contributed by atoms with E-state index in [0.29, 0.717) is 24.4 Å². The summed E-state index contributed by atoms with van der Waals surface area (Å²) in [5.74, 6) is -0.826. The van der Waals surface area contributed by atoms with Crippen LogP contribution in [0.25, 0.3) is 0 Å². The number of methoxy groups -OCH3 is 1. The van der Waals surface area contributed by atoms with Gasteiger partial charge in [-0.15, -0.1) is 0 Å². The number of benzene rings is 2. The van der Waals surface area contributed by atoms with Gasteiger partial charge in [0.2, 0.25) is 9.84 Å². The second kappa shape index (κ2) is 9.03. The van der Waals surface area contributed by atoms with E-state index in [-0.39, 0.29) is 21.2 Å². The summed E-state index contributed by atoms with van der Waals surface area (Å²) in [6.07, 6.45) is 0. The molecule has 2 aromatic carbocycles. The van der Waals surface area contributed by atoms with Gasteiger partial charge in [-0.25, -0.2) is 12.8 Å². The molecule has 0 fully saturated rings. The highest BCUT2D eigenvalue weighted by molar-refractivity contribution is 7.91. The molecule has 0 atom stereocenters. The lowest BCUT2D eigenvalue weighted by molar-refractivity contribution is 0.102. The highest BCUT2D eigenvalue weighted by Crippen LogP contribution is 2.35. The van der Waals surface area contributed by atoms with Crippen molar-refractivity contribution in [3.8, 4) is 0 Å². The molecule has 0 bridgehead atoms. The van der Waals surface area contributed by atoms with Crippen LogP contribution in [0.2, 0.25) is 0 Å². The van der Waals surface area contributed by atoms with Crippen LogP contribution >= 0.6 is 0 Å². The third-order valence-corrected chi connectivity index (χ3v) is 7.16. The number of hydrogen-bond donors (Lipinski definition) is 1. The lowest BCUT2D eigenvalue weighted by atomic mass is 10.2. The molecule has 3 rings (SSSR count). The largest absolute Gasteiger partial charge is 0.383 e. The number of nitrogens with one attached hydrogen (secondary N) is 1. The molecule has 0 saturated carbocycles. The average molecular weight is 445 g/mol. The monoisotopic (exact) mass is 444 g/mol. The molecule has 0 saturated heterocycles. The van der Waals surface area contributed by atoms with Gasteiger partial charge in [-0.3, -0.25) is 4.79 Å². The minimum atomic E-state index is -3.91. The molecule has 3 aromatic rings. The van der Waals surface area contributed by atoms with Gasteiger partial charge in [-0.05, 0) is 62.7 Å². The van der Waals surface area contributed by atoms with E-state index in [9.17, 15) is 17.6 Å². The highest BCUT2D eigenvalue weighted by atomic mass is 32.2. The molecule has 1 heterocycles. The standard InChI is InChI=1S/C23H25FN2O4S/c1-15-5-11-20(12-6-15)31(28,29)21-16(2)17(3)26(13-14-30-4)22(21)25-23(27)18-7-9-19(24)10-8-18/h5-12H,13-14H2,1-4H3,(H,25,27). The number of sulfone groups is 1. The zero-order valence-corrected chi connectivity index (χ0v) is 18.7. The second-order valence-electron chi connectivity index (χ2n) is 7.31. The molecule has 1 aromatic heterocycles.